The maximum Gasteiger partial charge on any atom is 0.326 e. The SMILES string of the molecule is CN(Cc1ccccn1)C(=O)N1C[C@H](O)C[C@H]1C(=O)O. The Balaban J connectivity index is 2.04. The van der Waals surface area contributed by atoms with Gasteiger partial charge in [0.2, 0.25) is 0 Å². The molecule has 0 aromatic carbocycles. The van der Waals surface area contributed by atoms with Crippen molar-refractivity contribution < 1.29 is 19.8 Å². The van der Waals surface area contributed by atoms with E-state index >= 15 is 0 Å². The number of urea groups is 1. The van der Waals surface area contributed by atoms with E-state index in [1.165, 1.54) is 9.80 Å². The Morgan fingerprint density at radius 1 is 1.50 bits per heavy atom. The zero-order valence-electron chi connectivity index (χ0n) is 11.1. The normalized spacial score (nSPS) is 21.8. The molecule has 1 saturated heterocycles. The number of aromatic nitrogens is 1. The van der Waals surface area contributed by atoms with Crippen LogP contribution in [-0.4, -0.2) is 62.7 Å². The molecule has 2 heterocycles. The summed E-state index contributed by atoms with van der Waals surface area (Å²) in [5.74, 6) is -1.10. The number of carbonyl (C=O) groups is 2. The van der Waals surface area contributed by atoms with Gasteiger partial charge in [-0.2, -0.15) is 0 Å². The van der Waals surface area contributed by atoms with Crippen LogP contribution < -0.4 is 0 Å². The zero-order valence-corrected chi connectivity index (χ0v) is 11.1. The van der Waals surface area contributed by atoms with E-state index in [0.717, 1.165) is 5.69 Å². The quantitative estimate of drug-likeness (QED) is 0.821. The summed E-state index contributed by atoms with van der Waals surface area (Å²) in [6.45, 7) is 0.334. The Bertz CT molecular complexity index is 494. The fraction of sp³-hybridized carbons (Fsp3) is 0.462. The molecule has 108 valence electrons. The third kappa shape index (κ3) is 3.05. The third-order valence-electron chi connectivity index (χ3n) is 3.26. The lowest BCUT2D eigenvalue weighted by atomic mass is 10.2. The minimum absolute atomic E-state index is 0.0440. The number of nitrogens with zero attached hydrogens (tertiary/aromatic N) is 3. The van der Waals surface area contributed by atoms with E-state index in [9.17, 15) is 14.7 Å². The number of likely N-dealkylation sites (tertiary alicyclic amines) is 1. The highest BCUT2D eigenvalue weighted by Gasteiger charge is 2.40. The van der Waals surface area contributed by atoms with Crippen LogP contribution in [0, 0.1) is 0 Å². The second-order valence-electron chi connectivity index (χ2n) is 4.86. The van der Waals surface area contributed by atoms with E-state index in [4.69, 9.17) is 5.11 Å². The van der Waals surface area contributed by atoms with Gasteiger partial charge >= 0.3 is 12.0 Å². The Labute approximate surface area is 116 Å². The predicted octanol–water partition coefficient (Wildman–Crippen LogP) is 0.153. The van der Waals surface area contributed by atoms with Crippen LogP contribution in [0.4, 0.5) is 4.79 Å². The minimum atomic E-state index is -1.10. The lowest BCUT2D eigenvalue weighted by Crippen LogP contribution is -2.46. The van der Waals surface area contributed by atoms with Gasteiger partial charge in [0.15, 0.2) is 0 Å². The molecule has 0 radical (unpaired) electrons. The summed E-state index contributed by atoms with van der Waals surface area (Å²) in [7, 11) is 1.58. The van der Waals surface area contributed by atoms with Gasteiger partial charge in [0.05, 0.1) is 18.3 Å². The fourth-order valence-electron chi connectivity index (χ4n) is 2.28. The smallest absolute Gasteiger partial charge is 0.326 e. The summed E-state index contributed by atoms with van der Waals surface area (Å²) < 4.78 is 0. The van der Waals surface area contributed by atoms with Crippen molar-refractivity contribution in [3.05, 3.63) is 30.1 Å². The highest BCUT2D eigenvalue weighted by Crippen LogP contribution is 2.20. The summed E-state index contributed by atoms with van der Waals surface area (Å²) in [5.41, 5.74) is 0.718. The maximum absolute atomic E-state index is 12.3. The van der Waals surface area contributed by atoms with Crippen molar-refractivity contribution in [3.8, 4) is 0 Å². The van der Waals surface area contributed by atoms with Crippen LogP contribution in [0.3, 0.4) is 0 Å². The molecule has 1 aliphatic heterocycles. The molecule has 20 heavy (non-hydrogen) atoms. The number of β-amino-alcohol motifs (C(OH)–C–C–N with tert-alkyl or cyclic N) is 1. The molecule has 1 fully saturated rings. The number of amides is 2. The highest BCUT2D eigenvalue weighted by molar-refractivity contribution is 5.83. The van der Waals surface area contributed by atoms with Crippen LogP contribution in [0.1, 0.15) is 12.1 Å². The molecule has 0 bridgehead atoms. The second kappa shape index (κ2) is 5.87. The summed E-state index contributed by atoms with van der Waals surface area (Å²) in [6, 6.07) is 4.00. The second-order valence-corrected chi connectivity index (χ2v) is 4.86. The molecule has 1 aromatic heterocycles. The van der Waals surface area contributed by atoms with Crippen molar-refractivity contribution in [1.29, 1.82) is 0 Å². The van der Waals surface area contributed by atoms with E-state index in [0.29, 0.717) is 6.54 Å². The van der Waals surface area contributed by atoms with Gasteiger partial charge in [-0.15, -0.1) is 0 Å². The van der Waals surface area contributed by atoms with Gasteiger partial charge in [0.25, 0.3) is 0 Å². The first-order chi connectivity index (χ1) is 9.49. The summed E-state index contributed by atoms with van der Waals surface area (Å²) in [5, 5.41) is 18.6. The predicted molar refractivity (Wildman–Crippen MR) is 69.9 cm³/mol. The number of rotatable bonds is 3. The molecule has 0 aliphatic carbocycles. The Hall–Kier alpha value is -2.15. The molecule has 7 nitrogen and oxygen atoms in total. The topological polar surface area (TPSA) is 94.0 Å². The van der Waals surface area contributed by atoms with E-state index in [2.05, 4.69) is 4.98 Å². The molecule has 2 rings (SSSR count). The largest absolute Gasteiger partial charge is 0.480 e. The number of carbonyl (C=O) groups excluding carboxylic acids is 1. The molecular formula is C13H17N3O4. The first-order valence-corrected chi connectivity index (χ1v) is 6.31. The third-order valence-corrected chi connectivity index (χ3v) is 3.26. The van der Waals surface area contributed by atoms with Crippen LogP contribution in [0.25, 0.3) is 0 Å². The molecule has 2 atom stereocenters. The van der Waals surface area contributed by atoms with E-state index < -0.39 is 24.1 Å². The number of aliphatic carboxylic acids is 1. The van der Waals surface area contributed by atoms with Crippen LogP contribution in [0.15, 0.2) is 24.4 Å². The van der Waals surface area contributed by atoms with Gasteiger partial charge in [-0.3, -0.25) is 4.98 Å². The van der Waals surface area contributed by atoms with Crippen molar-refractivity contribution >= 4 is 12.0 Å². The van der Waals surface area contributed by atoms with E-state index in [-0.39, 0.29) is 13.0 Å². The molecule has 0 spiro atoms. The molecule has 2 N–H and O–H groups in total. The Morgan fingerprint density at radius 3 is 2.85 bits per heavy atom. The molecule has 1 aromatic rings. The van der Waals surface area contributed by atoms with Gasteiger partial charge < -0.3 is 20.0 Å². The highest BCUT2D eigenvalue weighted by atomic mass is 16.4. The van der Waals surface area contributed by atoms with Gasteiger partial charge in [-0.25, -0.2) is 9.59 Å². The number of carboxylic acids is 1. The summed E-state index contributed by atoms with van der Waals surface area (Å²) in [6.07, 6.45) is 0.912. The molecule has 1 aliphatic rings. The van der Waals surface area contributed by atoms with Crippen molar-refractivity contribution in [2.45, 2.75) is 25.1 Å². The molecule has 7 heteroatoms. The van der Waals surface area contributed by atoms with Crippen LogP contribution in [0.5, 0.6) is 0 Å². The van der Waals surface area contributed by atoms with E-state index in [1.54, 1.807) is 25.4 Å². The van der Waals surface area contributed by atoms with Gasteiger partial charge in [-0.05, 0) is 12.1 Å². The molecule has 0 saturated carbocycles. The average Bonchev–Trinajstić information content (AvgIpc) is 2.81. The van der Waals surface area contributed by atoms with Gasteiger partial charge in [-0.1, -0.05) is 6.07 Å². The monoisotopic (exact) mass is 279 g/mol. The molecule has 2 amide bonds. The van der Waals surface area contributed by atoms with Crippen molar-refractivity contribution in [2.24, 2.45) is 0 Å². The van der Waals surface area contributed by atoms with Gasteiger partial charge in [0.1, 0.15) is 6.04 Å². The van der Waals surface area contributed by atoms with Crippen LogP contribution in [0.2, 0.25) is 0 Å². The first-order valence-electron chi connectivity index (χ1n) is 6.31. The lowest BCUT2D eigenvalue weighted by Gasteiger charge is -2.27. The Kier molecular flexibility index (Phi) is 4.19. The first kappa shape index (κ1) is 14.3. The number of pyridine rings is 1. The van der Waals surface area contributed by atoms with Crippen molar-refractivity contribution in [2.75, 3.05) is 13.6 Å². The molecular weight excluding hydrogens is 262 g/mol. The summed E-state index contributed by atoms with van der Waals surface area (Å²) >= 11 is 0. The minimum Gasteiger partial charge on any atom is -0.480 e. The maximum atomic E-state index is 12.3. The number of aliphatic hydroxyl groups is 1. The summed E-state index contributed by atoms with van der Waals surface area (Å²) in [4.78, 5) is 30.1. The van der Waals surface area contributed by atoms with Crippen molar-refractivity contribution in [3.63, 3.8) is 0 Å². The van der Waals surface area contributed by atoms with Crippen LogP contribution >= 0.6 is 0 Å². The standard InChI is InChI=1S/C13H17N3O4/c1-15(7-9-4-2-3-5-14-9)13(20)16-8-10(17)6-11(16)12(18)19/h2-5,10-11,17H,6-8H2,1H3,(H,18,19)/t10-,11+/m1/s1. The van der Waals surface area contributed by atoms with Crippen molar-refractivity contribution in [1.82, 2.24) is 14.8 Å². The molecule has 0 unspecified atom stereocenters. The number of carboxylic acid groups (broad SMARTS) is 1. The van der Waals surface area contributed by atoms with E-state index in [1.807, 2.05) is 6.07 Å². The number of hydrogen-bond donors (Lipinski definition) is 2. The van der Waals surface area contributed by atoms with Crippen LogP contribution in [-0.2, 0) is 11.3 Å². The fourth-order valence-corrected chi connectivity index (χ4v) is 2.28. The Morgan fingerprint density at radius 2 is 2.25 bits per heavy atom. The zero-order chi connectivity index (χ0) is 14.7. The lowest BCUT2D eigenvalue weighted by molar-refractivity contribution is -0.141. The van der Waals surface area contributed by atoms with Gasteiger partial charge in [0, 0.05) is 26.2 Å². The number of hydrogen-bond acceptors (Lipinski definition) is 4. The average molecular weight is 279 g/mol. The number of aliphatic hydroxyl groups excluding tert-OH is 1.